The van der Waals surface area contributed by atoms with E-state index in [0.29, 0.717) is 25.6 Å². The van der Waals surface area contributed by atoms with E-state index < -0.39 is 5.60 Å². The van der Waals surface area contributed by atoms with Crippen molar-refractivity contribution in [1.29, 1.82) is 0 Å². The molecule has 8 nitrogen and oxygen atoms in total. The van der Waals surface area contributed by atoms with Crippen LogP contribution in [-0.2, 0) is 24.4 Å². The number of hydrogen-bond acceptors (Lipinski definition) is 5. The maximum atomic E-state index is 13.7. The molecule has 0 radical (unpaired) electrons. The van der Waals surface area contributed by atoms with E-state index in [9.17, 15) is 9.59 Å². The van der Waals surface area contributed by atoms with Crippen molar-refractivity contribution >= 4 is 17.8 Å². The molecular weight excluding hydrogens is 661 g/mol. The van der Waals surface area contributed by atoms with Gasteiger partial charge in [0.15, 0.2) is 0 Å². The molecule has 3 aromatic carbocycles. The fraction of sp³-hybridized carbons (Fsp3) is 0.444. The monoisotopic (exact) mass is 716 g/mol. The molecule has 1 heterocycles. The molecule has 6 rings (SSSR count). The topological polar surface area (TPSA) is 84.0 Å². The number of rotatable bonds is 12. The number of pyridine rings is 1. The zero-order chi connectivity index (χ0) is 37.0. The summed E-state index contributed by atoms with van der Waals surface area (Å²) in [6.45, 7) is 7.91. The largest absolute Gasteiger partial charge is 0.493 e. The average molecular weight is 717 g/mol. The molecule has 2 saturated carbocycles. The van der Waals surface area contributed by atoms with Crippen molar-refractivity contribution in [3.05, 3.63) is 114 Å². The van der Waals surface area contributed by atoms with Gasteiger partial charge in [-0.25, -0.2) is 9.59 Å². The predicted molar refractivity (Wildman–Crippen MR) is 212 cm³/mol. The van der Waals surface area contributed by atoms with E-state index in [1.54, 1.807) is 17.3 Å². The Morgan fingerprint density at radius 3 is 1.89 bits per heavy atom. The molecule has 4 aromatic rings. The molecule has 1 N–H and O–H groups in total. The van der Waals surface area contributed by atoms with E-state index in [0.717, 1.165) is 71.5 Å². The fourth-order valence-electron chi connectivity index (χ4n) is 7.39. The van der Waals surface area contributed by atoms with Crippen molar-refractivity contribution in [2.24, 2.45) is 5.92 Å². The highest BCUT2D eigenvalue weighted by Crippen LogP contribution is 2.28. The van der Waals surface area contributed by atoms with Crippen LogP contribution in [-0.4, -0.2) is 45.2 Å². The quantitative estimate of drug-likeness (QED) is 0.158. The Labute approximate surface area is 315 Å². The third-order valence-electron chi connectivity index (χ3n) is 10.3. The summed E-state index contributed by atoms with van der Waals surface area (Å²) in [6.07, 6.45) is 15.3. The minimum absolute atomic E-state index is 0.182. The number of amides is 3. The molecule has 0 spiro atoms. The Morgan fingerprint density at radius 1 is 0.717 bits per heavy atom. The Bertz CT molecular complexity index is 1720. The summed E-state index contributed by atoms with van der Waals surface area (Å²) in [7, 11) is 0. The van der Waals surface area contributed by atoms with Crippen molar-refractivity contribution in [3.63, 3.8) is 0 Å². The number of anilines is 1. The highest BCUT2D eigenvalue weighted by molar-refractivity contribution is 5.89. The molecule has 3 amide bonds. The van der Waals surface area contributed by atoms with E-state index in [-0.39, 0.29) is 18.2 Å². The molecule has 280 valence electrons. The van der Waals surface area contributed by atoms with Gasteiger partial charge in [-0.2, -0.15) is 0 Å². The zero-order valence-corrected chi connectivity index (χ0v) is 31.8. The maximum absolute atomic E-state index is 13.7. The Hall–Kier alpha value is -4.85. The highest BCUT2D eigenvalue weighted by Gasteiger charge is 2.29. The van der Waals surface area contributed by atoms with Crippen molar-refractivity contribution in [2.75, 3.05) is 11.9 Å². The van der Waals surface area contributed by atoms with Gasteiger partial charge in [0.25, 0.3) is 0 Å². The Kier molecular flexibility index (Phi) is 13.1. The molecule has 2 aliphatic carbocycles. The van der Waals surface area contributed by atoms with Crippen LogP contribution in [0.4, 0.5) is 15.3 Å². The molecule has 0 aliphatic heterocycles. The average Bonchev–Trinajstić information content (AvgIpc) is 3.17. The number of ether oxygens (including phenoxy) is 2. The first-order chi connectivity index (χ1) is 25.7. The summed E-state index contributed by atoms with van der Waals surface area (Å²) in [5.74, 6) is 1.47. The predicted octanol–water partition coefficient (Wildman–Crippen LogP) is 11.0. The number of carbonyl (C=O) groups excluding carboxylic acids is 2. The normalized spacial score (nSPS) is 15.4. The van der Waals surface area contributed by atoms with E-state index in [2.05, 4.69) is 58.8 Å². The minimum Gasteiger partial charge on any atom is -0.493 e. The van der Waals surface area contributed by atoms with Crippen molar-refractivity contribution in [2.45, 2.75) is 116 Å². The lowest BCUT2D eigenvalue weighted by Crippen LogP contribution is -2.43. The van der Waals surface area contributed by atoms with Gasteiger partial charge in [-0.05, 0) is 111 Å². The third-order valence-corrected chi connectivity index (χ3v) is 10.3. The van der Waals surface area contributed by atoms with Crippen LogP contribution in [0.1, 0.15) is 102 Å². The number of nitrogens with zero attached hydrogens (tertiary/aromatic N) is 3. The second-order valence-corrected chi connectivity index (χ2v) is 15.8. The summed E-state index contributed by atoms with van der Waals surface area (Å²) in [6, 6.07) is 28.4. The maximum Gasteiger partial charge on any atom is 0.410 e. The molecular formula is C45H56N4O4. The lowest BCUT2D eigenvalue weighted by atomic mass is 9.90. The van der Waals surface area contributed by atoms with Gasteiger partial charge in [0.1, 0.15) is 11.4 Å². The molecule has 2 aliphatic rings. The van der Waals surface area contributed by atoms with Crippen LogP contribution in [0.15, 0.2) is 97.3 Å². The Balaban J connectivity index is 1.08. The van der Waals surface area contributed by atoms with Gasteiger partial charge in [0.05, 0.1) is 6.61 Å². The van der Waals surface area contributed by atoms with Gasteiger partial charge < -0.3 is 24.6 Å². The number of benzene rings is 3. The number of hydrogen-bond donors (Lipinski definition) is 1. The molecule has 0 atom stereocenters. The second kappa shape index (κ2) is 18.3. The zero-order valence-electron chi connectivity index (χ0n) is 31.8. The minimum atomic E-state index is -0.533. The SMILES string of the molecule is CC(C)(C)OC(=O)N(Cc1ccc(-c2ccc(CN(Cc3cccnc3)C(=O)Nc3ccc(OCC4CCCCC4)cc3)cc2)cc1)C1CCCCC1. The summed E-state index contributed by atoms with van der Waals surface area (Å²) in [5.41, 5.74) is 5.44. The van der Waals surface area contributed by atoms with E-state index in [4.69, 9.17) is 9.47 Å². The van der Waals surface area contributed by atoms with Crippen LogP contribution in [0.25, 0.3) is 11.1 Å². The van der Waals surface area contributed by atoms with E-state index in [1.165, 1.54) is 38.5 Å². The number of aromatic nitrogens is 1. The van der Waals surface area contributed by atoms with Crippen molar-refractivity contribution < 1.29 is 19.1 Å². The van der Waals surface area contributed by atoms with Gasteiger partial charge in [-0.15, -0.1) is 0 Å². The molecule has 0 unspecified atom stereocenters. The Morgan fingerprint density at radius 2 is 1.30 bits per heavy atom. The van der Waals surface area contributed by atoms with Crippen LogP contribution >= 0.6 is 0 Å². The number of urea groups is 1. The lowest BCUT2D eigenvalue weighted by molar-refractivity contribution is 0.00988. The van der Waals surface area contributed by atoms with Gasteiger partial charge in [-0.3, -0.25) is 4.98 Å². The summed E-state index contributed by atoms with van der Waals surface area (Å²) in [4.78, 5) is 34.9. The molecule has 8 heteroatoms. The first-order valence-electron chi connectivity index (χ1n) is 19.5. The van der Waals surface area contributed by atoms with Crippen LogP contribution in [0.5, 0.6) is 5.75 Å². The van der Waals surface area contributed by atoms with Gasteiger partial charge in [0.2, 0.25) is 0 Å². The smallest absolute Gasteiger partial charge is 0.410 e. The molecule has 53 heavy (non-hydrogen) atoms. The van der Waals surface area contributed by atoms with Crippen molar-refractivity contribution in [1.82, 2.24) is 14.8 Å². The third kappa shape index (κ3) is 11.6. The van der Waals surface area contributed by atoms with Crippen LogP contribution in [0.3, 0.4) is 0 Å². The fourth-order valence-corrected chi connectivity index (χ4v) is 7.39. The summed E-state index contributed by atoms with van der Waals surface area (Å²) in [5, 5.41) is 3.09. The van der Waals surface area contributed by atoms with Gasteiger partial charge >= 0.3 is 12.1 Å². The molecule has 0 bridgehead atoms. The first-order valence-corrected chi connectivity index (χ1v) is 19.5. The number of carbonyl (C=O) groups is 2. The highest BCUT2D eigenvalue weighted by atomic mass is 16.6. The summed E-state index contributed by atoms with van der Waals surface area (Å²) < 4.78 is 11.9. The summed E-state index contributed by atoms with van der Waals surface area (Å²) >= 11 is 0. The van der Waals surface area contributed by atoms with Crippen LogP contribution < -0.4 is 10.1 Å². The van der Waals surface area contributed by atoms with Crippen LogP contribution in [0, 0.1) is 5.92 Å². The standard InChI is InChI=1S/C45H56N4O4/c1-45(2,3)53-44(51)49(41-14-8-5-9-15-41)32-35-18-22-39(23-19-35)38-20-16-34(17-21-38)30-48(31-37-13-10-28-46-29-37)43(50)47-40-24-26-42(27-25-40)52-33-36-11-6-4-7-12-36/h10,13,16-29,36,41H,4-9,11-12,14-15,30-33H2,1-3H3,(H,47,50). The first kappa shape index (κ1) is 37.9. The van der Waals surface area contributed by atoms with E-state index >= 15 is 0 Å². The van der Waals surface area contributed by atoms with Gasteiger partial charge in [0, 0.05) is 43.8 Å². The van der Waals surface area contributed by atoms with Crippen LogP contribution in [0.2, 0.25) is 0 Å². The molecule has 1 aromatic heterocycles. The van der Waals surface area contributed by atoms with Crippen molar-refractivity contribution in [3.8, 4) is 16.9 Å². The lowest BCUT2D eigenvalue weighted by Gasteiger charge is -2.35. The molecule has 0 saturated heterocycles. The number of nitrogens with one attached hydrogen (secondary N) is 1. The van der Waals surface area contributed by atoms with Gasteiger partial charge in [-0.1, -0.05) is 93.1 Å². The second-order valence-electron chi connectivity index (χ2n) is 15.8. The van der Waals surface area contributed by atoms with E-state index in [1.807, 2.05) is 62.1 Å². The molecule has 2 fully saturated rings.